The lowest BCUT2D eigenvalue weighted by Gasteiger charge is -2.37. The number of anilines is 1. The fraction of sp³-hybridized carbons (Fsp3) is 0.588. The molecule has 0 aliphatic heterocycles. The van der Waals surface area contributed by atoms with Crippen LogP contribution in [0.2, 0.25) is 0 Å². The Hall–Kier alpha value is -1.35. The van der Waals surface area contributed by atoms with Gasteiger partial charge in [0.25, 0.3) is 0 Å². The number of rotatable bonds is 3. The quantitative estimate of drug-likeness (QED) is 0.884. The molecule has 0 bridgehead atoms. The Morgan fingerprint density at radius 2 is 2.15 bits per heavy atom. The molecule has 110 valence electrons. The molecular weight excluding hydrogens is 248 g/mol. The summed E-state index contributed by atoms with van der Waals surface area (Å²) >= 11 is 0. The van der Waals surface area contributed by atoms with Crippen molar-refractivity contribution in [3.8, 4) is 0 Å². The largest absolute Gasteiger partial charge is 0.326 e. The van der Waals surface area contributed by atoms with Crippen LogP contribution in [-0.4, -0.2) is 5.91 Å². The maximum absolute atomic E-state index is 12.6. The second-order valence-electron chi connectivity index (χ2n) is 6.63. The second-order valence-corrected chi connectivity index (χ2v) is 6.63. The first kappa shape index (κ1) is 15.0. The monoisotopic (exact) mass is 274 g/mol. The highest BCUT2D eigenvalue weighted by Crippen LogP contribution is 2.41. The van der Waals surface area contributed by atoms with Crippen LogP contribution in [0.5, 0.6) is 0 Å². The van der Waals surface area contributed by atoms with Crippen molar-refractivity contribution in [2.45, 2.75) is 53.0 Å². The zero-order valence-electron chi connectivity index (χ0n) is 12.8. The van der Waals surface area contributed by atoms with Crippen molar-refractivity contribution in [2.24, 2.45) is 17.1 Å². The summed E-state index contributed by atoms with van der Waals surface area (Å²) in [5.41, 5.74) is 8.81. The van der Waals surface area contributed by atoms with Crippen molar-refractivity contribution >= 4 is 11.6 Å². The lowest BCUT2D eigenvalue weighted by Crippen LogP contribution is -2.37. The highest BCUT2D eigenvalue weighted by Gasteiger charge is 2.37. The predicted molar refractivity (Wildman–Crippen MR) is 83.4 cm³/mol. The molecule has 0 aromatic heterocycles. The molecule has 0 saturated heterocycles. The highest BCUT2D eigenvalue weighted by molar-refractivity contribution is 5.93. The van der Waals surface area contributed by atoms with E-state index in [-0.39, 0.29) is 17.2 Å². The molecule has 1 amide bonds. The lowest BCUT2D eigenvalue weighted by molar-refractivity contribution is -0.124. The molecule has 1 fully saturated rings. The van der Waals surface area contributed by atoms with Gasteiger partial charge in [0.15, 0.2) is 0 Å². The van der Waals surface area contributed by atoms with E-state index in [0.717, 1.165) is 36.1 Å². The summed E-state index contributed by atoms with van der Waals surface area (Å²) in [6, 6.07) is 6.02. The Morgan fingerprint density at radius 1 is 1.40 bits per heavy atom. The van der Waals surface area contributed by atoms with E-state index < -0.39 is 0 Å². The Bertz CT molecular complexity index is 494. The van der Waals surface area contributed by atoms with Crippen molar-refractivity contribution in [2.75, 3.05) is 5.32 Å². The minimum absolute atomic E-state index is 0.0989. The molecule has 0 heterocycles. The number of nitrogens with two attached hydrogens (primary N) is 1. The van der Waals surface area contributed by atoms with Gasteiger partial charge in [-0.3, -0.25) is 4.79 Å². The molecule has 3 heteroatoms. The zero-order valence-corrected chi connectivity index (χ0v) is 12.8. The van der Waals surface area contributed by atoms with Crippen molar-refractivity contribution in [1.82, 2.24) is 0 Å². The van der Waals surface area contributed by atoms with Gasteiger partial charge in [-0.2, -0.15) is 0 Å². The van der Waals surface area contributed by atoms with Gasteiger partial charge in [0, 0.05) is 18.2 Å². The van der Waals surface area contributed by atoms with Crippen LogP contribution in [-0.2, 0) is 11.3 Å². The fourth-order valence-corrected chi connectivity index (χ4v) is 3.13. The van der Waals surface area contributed by atoms with Crippen LogP contribution in [0.4, 0.5) is 5.69 Å². The predicted octanol–water partition coefficient (Wildman–Crippen LogP) is 3.61. The van der Waals surface area contributed by atoms with E-state index in [1.165, 1.54) is 6.42 Å². The van der Waals surface area contributed by atoms with Crippen LogP contribution in [0.25, 0.3) is 0 Å². The third kappa shape index (κ3) is 3.21. The standard InChI is InChI=1S/C17H26N2O/c1-12-7-8-13(11-18)10-15(12)19-16(20)14-6-4-5-9-17(14,2)3/h7-8,10,14H,4-6,9,11,18H2,1-3H3,(H,19,20). The molecule has 1 unspecified atom stereocenters. The van der Waals surface area contributed by atoms with Gasteiger partial charge < -0.3 is 11.1 Å². The molecule has 1 aromatic carbocycles. The van der Waals surface area contributed by atoms with Crippen molar-refractivity contribution in [3.63, 3.8) is 0 Å². The van der Waals surface area contributed by atoms with Gasteiger partial charge in [-0.05, 0) is 42.4 Å². The molecular formula is C17H26N2O. The summed E-state index contributed by atoms with van der Waals surface area (Å²) in [6.45, 7) is 6.93. The summed E-state index contributed by atoms with van der Waals surface area (Å²) in [7, 11) is 0. The third-order valence-electron chi connectivity index (χ3n) is 4.62. The molecule has 1 atom stereocenters. The molecule has 20 heavy (non-hydrogen) atoms. The van der Waals surface area contributed by atoms with Crippen molar-refractivity contribution in [3.05, 3.63) is 29.3 Å². The van der Waals surface area contributed by atoms with E-state index in [4.69, 9.17) is 5.73 Å². The molecule has 2 rings (SSSR count). The van der Waals surface area contributed by atoms with Crippen LogP contribution < -0.4 is 11.1 Å². The number of amides is 1. The van der Waals surface area contributed by atoms with Crippen LogP contribution in [0.1, 0.15) is 50.7 Å². The summed E-state index contributed by atoms with van der Waals surface area (Å²) < 4.78 is 0. The number of hydrogen-bond donors (Lipinski definition) is 2. The topological polar surface area (TPSA) is 55.1 Å². The summed E-state index contributed by atoms with van der Waals surface area (Å²) in [4.78, 5) is 12.6. The number of carbonyl (C=O) groups is 1. The van der Waals surface area contributed by atoms with Crippen LogP contribution in [0, 0.1) is 18.3 Å². The average molecular weight is 274 g/mol. The van der Waals surface area contributed by atoms with Gasteiger partial charge in [-0.25, -0.2) is 0 Å². The summed E-state index contributed by atoms with van der Waals surface area (Å²) in [6.07, 6.45) is 4.52. The Morgan fingerprint density at radius 3 is 2.80 bits per heavy atom. The number of carbonyl (C=O) groups excluding carboxylic acids is 1. The Labute approximate surface area is 121 Å². The fourth-order valence-electron chi connectivity index (χ4n) is 3.13. The molecule has 3 N–H and O–H groups in total. The first-order chi connectivity index (χ1) is 9.44. The van der Waals surface area contributed by atoms with E-state index in [2.05, 4.69) is 19.2 Å². The van der Waals surface area contributed by atoms with E-state index >= 15 is 0 Å². The average Bonchev–Trinajstić information content (AvgIpc) is 2.40. The van der Waals surface area contributed by atoms with E-state index in [1.54, 1.807) is 0 Å². The molecule has 0 spiro atoms. The van der Waals surface area contributed by atoms with Crippen LogP contribution in [0.15, 0.2) is 18.2 Å². The minimum atomic E-state index is 0.0989. The van der Waals surface area contributed by atoms with Gasteiger partial charge in [-0.15, -0.1) is 0 Å². The Kier molecular flexibility index (Phi) is 4.48. The molecule has 0 radical (unpaired) electrons. The van der Waals surface area contributed by atoms with Gasteiger partial charge >= 0.3 is 0 Å². The van der Waals surface area contributed by atoms with Gasteiger partial charge in [0.2, 0.25) is 5.91 Å². The Balaban J connectivity index is 2.15. The molecule has 3 nitrogen and oxygen atoms in total. The van der Waals surface area contributed by atoms with E-state index in [0.29, 0.717) is 6.54 Å². The lowest BCUT2D eigenvalue weighted by atomic mass is 9.68. The highest BCUT2D eigenvalue weighted by atomic mass is 16.1. The van der Waals surface area contributed by atoms with Crippen LogP contribution in [0.3, 0.4) is 0 Å². The minimum Gasteiger partial charge on any atom is -0.326 e. The summed E-state index contributed by atoms with van der Waals surface area (Å²) in [5.74, 6) is 0.268. The smallest absolute Gasteiger partial charge is 0.228 e. The molecule has 1 aromatic rings. The second kappa shape index (κ2) is 5.96. The molecule has 1 saturated carbocycles. The van der Waals surface area contributed by atoms with E-state index in [1.807, 2.05) is 25.1 Å². The van der Waals surface area contributed by atoms with E-state index in [9.17, 15) is 4.79 Å². The number of aryl methyl sites for hydroxylation is 1. The number of benzene rings is 1. The zero-order chi connectivity index (χ0) is 14.8. The third-order valence-corrected chi connectivity index (χ3v) is 4.62. The van der Waals surface area contributed by atoms with Gasteiger partial charge in [-0.1, -0.05) is 38.8 Å². The number of nitrogens with one attached hydrogen (secondary N) is 1. The van der Waals surface area contributed by atoms with Gasteiger partial charge in [0.1, 0.15) is 0 Å². The maximum Gasteiger partial charge on any atom is 0.228 e. The first-order valence-electron chi connectivity index (χ1n) is 7.54. The molecule has 1 aliphatic rings. The van der Waals surface area contributed by atoms with Gasteiger partial charge in [0.05, 0.1) is 0 Å². The first-order valence-corrected chi connectivity index (χ1v) is 7.54. The summed E-state index contributed by atoms with van der Waals surface area (Å²) in [5, 5.41) is 3.12. The normalized spacial score (nSPS) is 21.5. The maximum atomic E-state index is 12.6. The molecule has 1 aliphatic carbocycles. The number of hydrogen-bond acceptors (Lipinski definition) is 2. The SMILES string of the molecule is Cc1ccc(CN)cc1NC(=O)C1CCCCC1(C)C. The van der Waals surface area contributed by atoms with Crippen LogP contribution >= 0.6 is 0 Å². The van der Waals surface area contributed by atoms with Crippen molar-refractivity contribution < 1.29 is 4.79 Å². The van der Waals surface area contributed by atoms with Crippen molar-refractivity contribution in [1.29, 1.82) is 0 Å².